The van der Waals surface area contributed by atoms with Gasteiger partial charge in [0, 0.05) is 12.1 Å². The fourth-order valence-electron chi connectivity index (χ4n) is 1.05. The predicted octanol–water partition coefficient (Wildman–Crippen LogP) is 3.05. The Morgan fingerprint density at radius 3 is 1.14 bits per heavy atom. The van der Waals surface area contributed by atoms with Crippen LogP contribution in [0.4, 0.5) is 0 Å². The lowest BCUT2D eigenvalue weighted by atomic mass is 10.2. The Hall–Kier alpha value is -0.0800. The number of unbranched alkanes of at least 4 members (excludes halogenated alkanes) is 2. The van der Waals surface area contributed by atoms with Gasteiger partial charge in [-0.25, -0.2) is 0 Å². The predicted molar refractivity (Wildman–Crippen MR) is 66.3 cm³/mol. The Morgan fingerprint density at radius 1 is 0.786 bits per heavy atom. The van der Waals surface area contributed by atoms with Gasteiger partial charge in [0.15, 0.2) is 0 Å². The van der Waals surface area contributed by atoms with Crippen molar-refractivity contribution in [1.82, 2.24) is 0 Å². The van der Waals surface area contributed by atoms with Crippen molar-refractivity contribution in [2.24, 2.45) is 11.5 Å². The molecule has 0 aliphatic rings. The standard InChI is InChI=1S/2C6H15N/c2*1-3-4-5-6(2)7/h2*6H,3-5,7H2,1-2H3. The van der Waals surface area contributed by atoms with Crippen LogP contribution in [0.15, 0.2) is 0 Å². The molecule has 14 heavy (non-hydrogen) atoms. The van der Waals surface area contributed by atoms with Crippen molar-refractivity contribution in [1.29, 1.82) is 0 Å². The highest BCUT2D eigenvalue weighted by Crippen LogP contribution is 1.95. The van der Waals surface area contributed by atoms with Gasteiger partial charge in [0.05, 0.1) is 0 Å². The molecule has 0 saturated carbocycles. The lowest BCUT2D eigenvalue weighted by molar-refractivity contribution is 0.616. The van der Waals surface area contributed by atoms with Gasteiger partial charge in [-0.2, -0.15) is 0 Å². The largest absolute Gasteiger partial charge is 0.328 e. The molecule has 0 aliphatic heterocycles. The van der Waals surface area contributed by atoms with E-state index in [0.717, 1.165) is 0 Å². The summed E-state index contributed by atoms with van der Waals surface area (Å²) in [5.41, 5.74) is 11.0. The van der Waals surface area contributed by atoms with Crippen molar-refractivity contribution in [2.75, 3.05) is 0 Å². The van der Waals surface area contributed by atoms with Gasteiger partial charge in [0.1, 0.15) is 0 Å². The number of hydrogen-bond donors (Lipinski definition) is 2. The zero-order valence-electron chi connectivity index (χ0n) is 10.6. The molecule has 2 heteroatoms. The third kappa shape index (κ3) is 22.7. The molecule has 0 amide bonds. The van der Waals surface area contributed by atoms with E-state index in [9.17, 15) is 0 Å². The van der Waals surface area contributed by atoms with Gasteiger partial charge in [-0.05, 0) is 26.7 Å². The minimum Gasteiger partial charge on any atom is -0.328 e. The lowest BCUT2D eigenvalue weighted by Gasteiger charge is -1.99. The molecule has 0 radical (unpaired) electrons. The van der Waals surface area contributed by atoms with Crippen LogP contribution in [0.1, 0.15) is 66.2 Å². The third-order valence-corrected chi connectivity index (χ3v) is 2.03. The first kappa shape index (κ1) is 16.4. The first-order valence-electron chi connectivity index (χ1n) is 6.05. The molecule has 0 bridgehead atoms. The van der Waals surface area contributed by atoms with Crippen LogP contribution in [0.3, 0.4) is 0 Å². The summed E-state index contributed by atoms with van der Waals surface area (Å²) in [5.74, 6) is 0. The molecule has 0 saturated heterocycles. The van der Waals surface area contributed by atoms with Crippen LogP contribution in [0.25, 0.3) is 0 Å². The van der Waals surface area contributed by atoms with Crippen molar-refractivity contribution in [3.05, 3.63) is 0 Å². The summed E-state index contributed by atoms with van der Waals surface area (Å²) in [6.45, 7) is 8.47. The lowest BCUT2D eigenvalue weighted by Crippen LogP contribution is -2.13. The molecule has 88 valence electrons. The zero-order chi connectivity index (χ0) is 11.4. The first-order valence-corrected chi connectivity index (χ1v) is 6.05. The van der Waals surface area contributed by atoms with Crippen molar-refractivity contribution in [3.63, 3.8) is 0 Å². The van der Waals surface area contributed by atoms with E-state index < -0.39 is 0 Å². The van der Waals surface area contributed by atoms with Gasteiger partial charge >= 0.3 is 0 Å². The molecule has 0 spiro atoms. The maximum Gasteiger partial charge on any atom is 0.00104 e. The molecule has 0 rings (SSSR count). The smallest absolute Gasteiger partial charge is 0.00104 e. The number of hydrogen-bond acceptors (Lipinski definition) is 2. The zero-order valence-corrected chi connectivity index (χ0v) is 10.6. The molecular weight excluding hydrogens is 172 g/mol. The van der Waals surface area contributed by atoms with Crippen LogP contribution in [0.5, 0.6) is 0 Å². The van der Waals surface area contributed by atoms with E-state index in [-0.39, 0.29) is 0 Å². The molecule has 2 atom stereocenters. The second-order valence-corrected chi connectivity index (χ2v) is 4.24. The van der Waals surface area contributed by atoms with E-state index in [2.05, 4.69) is 27.7 Å². The van der Waals surface area contributed by atoms with Crippen LogP contribution < -0.4 is 11.5 Å². The van der Waals surface area contributed by atoms with Crippen molar-refractivity contribution < 1.29 is 0 Å². The Morgan fingerprint density at radius 2 is 1.07 bits per heavy atom. The van der Waals surface area contributed by atoms with Crippen molar-refractivity contribution >= 4 is 0 Å². The number of rotatable bonds is 6. The highest BCUT2D eigenvalue weighted by atomic mass is 14.6. The highest BCUT2D eigenvalue weighted by molar-refractivity contribution is 4.50. The Labute approximate surface area is 90.4 Å². The fourth-order valence-corrected chi connectivity index (χ4v) is 1.05. The summed E-state index contributed by atoms with van der Waals surface area (Å²) in [7, 11) is 0. The highest BCUT2D eigenvalue weighted by Gasteiger charge is 1.89. The molecule has 0 aromatic carbocycles. The second kappa shape index (κ2) is 12.9. The molecule has 0 aromatic heterocycles. The van der Waals surface area contributed by atoms with Crippen molar-refractivity contribution in [2.45, 2.75) is 78.3 Å². The minimum atomic E-state index is 0.403. The van der Waals surface area contributed by atoms with Gasteiger partial charge in [0.25, 0.3) is 0 Å². The van der Waals surface area contributed by atoms with Crippen LogP contribution in [-0.4, -0.2) is 12.1 Å². The van der Waals surface area contributed by atoms with Crippen molar-refractivity contribution in [3.8, 4) is 0 Å². The second-order valence-electron chi connectivity index (χ2n) is 4.24. The summed E-state index contributed by atoms with van der Waals surface area (Å²) in [5, 5.41) is 0. The van der Waals surface area contributed by atoms with E-state index in [0.29, 0.717) is 12.1 Å². The van der Waals surface area contributed by atoms with Gasteiger partial charge < -0.3 is 11.5 Å². The average molecular weight is 202 g/mol. The SMILES string of the molecule is CCCCC(C)N.CCCCC(C)N. The van der Waals surface area contributed by atoms with Crippen LogP contribution in [0.2, 0.25) is 0 Å². The van der Waals surface area contributed by atoms with E-state index in [1.807, 2.05) is 0 Å². The summed E-state index contributed by atoms with van der Waals surface area (Å²) in [4.78, 5) is 0. The number of nitrogens with two attached hydrogens (primary N) is 2. The van der Waals surface area contributed by atoms with Gasteiger partial charge in [-0.3, -0.25) is 0 Å². The van der Waals surface area contributed by atoms with Gasteiger partial charge in [0.2, 0.25) is 0 Å². The quantitative estimate of drug-likeness (QED) is 0.695. The van der Waals surface area contributed by atoms with Crippen LogP contribution in [-0.2, 0) is 0 Å². The minimum absolute atomic E-state index is 0.403. The summed E-state index contributed by atoms with van der Waals surface area (Å²) >= 11 is 0. The normalized spacial score (nSPS) is 14.1. The van der Waals surface area contributed by atoms with E-state index in [1.54, 1.807) is 0 Å². The average Bonchev–Trinajstić information content (AvgIpc) is 2.12. The third-order valence-electron chi connectivity index (χ3n) is 2.03. The van der Waals surface area contributed by atoms with E-state index >= 15 is 0 Å². The van der Waals surface area contributed by atoms with Gasteiger partial charge in [-0.1, -0.05) is 39.5 Å². The molecule has 4 N–H and O–H groups in total. The molecular formula is C12H30N2. The monoisotopic (exact) mass is 202 g/mol. The summed E-state index contributed by atoms with van der Waals surface area (Å²) in [6, 6.07) is 0.805. The van der Waals surface area contributed by atoms with Gasteiger partial charge in [-0.15, -0.1) is 0 Å². The molecule has 0 fully saturated rings. The fraction of sp³-hybridized carbons (Fsp3) is 1.00. The van der Waals surface area contributed by atoms with Crippen LogP contribution >= 0.6 is 0 Å². The molecule has 0 aromatic rings. The first-order chi connectivity index (χ1) is 6.54. The Balaban J connectivity index is 0. The Bertz CT molecular complexity index is 78.3. The Kier molecular flexibility index (Phi) is 15.1. The van der Waals surface area contributed by atoms with Crippen LogP contribution in [0, 0.1) is 0 Å². The van der Waals surface area contributed by atoms with E-state index in [4.69, 9.17) is 11.5 Å². The summed E-state index contributed by atoms with van der Waals surface area (Å²) < 4.78 is 0. The molecule has 2 nitrogen and oxygen atoms in total. The topological polar surface area (TPSA) is 52.0 Å². The molecule has 0 aliphatic carbocycles. The molecule has 2 unspecified atom stereocenters. The maximum absolute atomic E-state index is 5.48. The maximum atomic E-state index is 5.48. The van der Waals surface area contributed by atoms with E-state index in [1.165, 1.54) is 38.5 Å². The summed E-state index contributed by atoms with van der Waals surface area (Å²) in [6.07, 6.45) is 7.44. The molecule has 0 heterocycles.